The van der Waals surface area contributed by atoms with E-state index in [0.717, 1.165) is 0 Å². The molecule has 2 unspecified atom stereocenters. The molecule has 0 aromatic carbocycles. The highest BCUT2D eigenvalue weighted by Gasteiger charge is 2.68. The third-order valence-electron chi connectivity index (χ3n) is 2.16. The van der Waals surface area contributed by atoms with Crippen LogP contribution in [0.25, 0.3) is 0 Å². The summed E-state index contributed by atoms with van der Waals surface area (Å²) in [6.07, 6.45) is -6.13. The predicted molar refractivity (Wildman–Crippen MR) is 53.5 cm³/mol. The minimum atomic E-state index is -5.51. The van der Waals surface area contributed by atoms with Crippen molar-refractivity contribution in [2.24, 2.45) is 0 Å². The van der Waals surface area contributed by atoms with Crippen molar-refractivity contribution in [3.05, 3.63) is 0 Å². The van der Waals surface area contributed by atoms with Crippen LogP contribution in [0.15, 0.2) is 0 Å². The maximum Gasteiger partial charge on any atom is 0.439 e. The summed E-state index contributed by atoms with van der Waals surface area (Å²) in [4.78, 5) is 22.4. The molecule has 0 aromatic rings. The lowest BCUT2D eigenvalue weighted by Gasteiger charge is -2.27. The molecule has 0 bridgehead atoms. The molecule has 0 heterocycles. The number of rotatable bonds is 5. The van der Waals surface area contributed by atoms with Gasteiger partial charge in [0.1, 0.15) is 0 Å². The first-order chi connectivity index (χ1) is 8.11. The number of halogens is 3. The van der Waals surface area contributed by atoms with Crippen molar-refractivity contribution in [2.75, 3.05) is 6.61 Å². The van der Waals surface area contributed by atoms with E-state index in [1.165, 1.54) is 13.8 Å². The maximum absolute atomic E-state index is 12.6. The summed E-state index contributed by atoms with van der Waals surface area (Å²) in [6, 6.07) is 0. The van der Waals surface area contributed by atoms with Gasteiger partial charge in [0.2, 0.25) is 0 Å². The molecule has 0 aliphatic carbocycles. The van der Waals surface area contributed by atoms with Gasteiger partial charge >= 0.3 is 23.7 Å². The van der Waals surface area contributed by atoms with Gasteiger partial charge in [0.25, 0.3) is 0 Å². The molecule has 2 atom stereocenters. The largest absolute Gasteiger partial charge is 0.463 e. The molecule has 0 saturated heterocycles. The number of alkyl halides is 3. The highest BCUT2D eigenvalue weighted by Crippen LogP contribution is 2.33. The second kappa shape index (κ2) is 6.03. The third kappa shape index (κ3) is 3.34. The van der Waals surface area contributed by atoms with Gasteiger partial charge in [0.15, 0.2) is 0 Å². The fourth-order valence-electron chi connectivity index (χ4n) is 0.902. The summed E-state index contributed by atoms with van der Waals surface area (Å²) in [5.74, 6) is -4.17. The standard InChI is InChI=1S/C10H15F3O5/c1-4-6(3)18-8(15)9(16,10(11,12)13)7(14)17-5-2/h6,16H,4-5H2,1-3H3. The Morgan fingerprint density at radius 2 is 1.72 bits per heavy atom. The fraction of sp³-hybridized carbons (Fsp3) is 0.800. The molecular weight excluding hydrogens is 257 g/mol. The number of aliphatic hydroxyl groups is 1. The normalized spacial score (nSPS) is 16.6. The highest BCUT2D eigenvalue weighted by molar-refractivity contribution is 6.04. The van der Waals surface area contributed by atoms with Crippen LogP contribution in [0.1, 0.15) is 27.2 Å². The topological polar surface area (TPSA) is 72.8 Å². The average Bonchev–Trinajstić information content (AvgIpc) is 2.26. The number of esters is 2. The molecule has 0 aliphatic heterocycles. The molecule has 106 valence electrons. The Kier molecular flexibility index (Phi) is 5.59. The third-order valence-corrected chi connectivity index (χ3v) is 2.16. The molecule has 0 amide bonds. The number of carbonyl (C=O) groups excluding carboxylic acids is 2. The number of hydrogen-bond acceptors (Lipinski definition) is 5. The first kappa shape index (κ1) is 16.7. The Hall–Kier alpha value is -1.31. The van der Waals surface area contributed by atoms with E-state index in [-0.39, 0.29) is 6.42 Å². The average molecular weight is 272 g/mol. The molecule has 0 aromatic heterocycles. The monoisotopic (exact) mass is 272 g/mol. The minimum absolute atomic E-state index is 0.239. The molecule has 1 N–H and O–H groups in total. The van der Waals surface area contributed by atoms with Crippen LogP contribution in [0.2, 0.25) is 0 Å². The van der Waals surface area contributed by atoms with Crippen molar-refractivity contribution in [3.8, 4) is 0 Å². The molecule has 0 rings (SSSR count). The summed E-state index contributed by atoms with van der Waals surface area (Å²) in [7, 11) is 0. The van der Waals surface area contributed by atoms with Gasteiger partial charge in [-0.25, -0.2) is 9.59 Å². The van der Waals surface area contributed by atoms with Gasteiger partial charge in [-0.05, 0) is 20.3 Å². The molecule has 0 fully saturated rings. The lowest BCUT2D eigenvalue weighted by molar-refractivity contribution is -0.265. The lowest BCUT2D eigenvalue weighted by atomic mass is 10.0. The first-order valence-corrected chi connectivity index (χ1v) is 5.28. The van der Waals surface area contributed by atoms with Crippen LogP contribution in [-0.4, -0.2) is 41.5 Å². The number of hydrogen-bond donors (Lipinski definition) is 1. The van der Waals surface area contributed by atoms with E-state index in [9.17, 15) is 27.9 Å². The van der Waals surface area contributed by atoms with Gasteiger partial charge in [-0.15, -0.1) is 0 Å². The lowest BCUT2D eigenvalue weighted by Crippen LogP contribution is -2.60. The molecule has 0 spiro atoms. The molecule has 8 heteroatoms. The summed E-state index contributed by atoms with van der Waals surface area (Å²) in [6.45, 7) is 3.73. The Morgan fingerprint density at radius 1 is 1.22 bits per heavy atom. The van der Waals surface area contributed by atoms with Crippen molar-refractivity contribution in [1.29, 1.82) is 0 Å². The molecular formula is C10H15F3O5. The minimum Gasteiger partial charge on any atom is -0.463 e. The van der Waals surface area contributed by atoms with Crippen LogP contribution in [0.4, 0.5) is 13.2 Å². The smallest absolute Gasteiger partial charge is 0.439 e. The van der Waals surface area contributed by atoms with Crippen LogP contribution in [-0.2, 0) is 19.1 Å². The molecule has 0 aliphatic rings. The molecule has 5 nitrogen and oxygen atoms in total. The number of carbonyl (C=O) groups is 2. The van der Waals surface area contributed by atoms with E-state index >= 15 is 0 Å². The summed E-state index contributed by atoms with van der Waals surface area (Å²) < 4.78 is 46.3. The summed E-state index contributed by atoms with van der Waals surface area (Å²) >= 11 is 0. The van der Waals surface area contributed by atoms with E-state index in [1.54, 1.807) is 6.92 Å². The van der Waals surface area contributed by atoms with Gasteiger partial charge in [0, 0.05) is 0 Å². The van der Waals surface area contributed by atoms with Gasteiger partial charge < -0.3 is 14.6 Å². The van der Waals surface area contributed by atoms with Crippen molar-refractivity contribution < 1.29 is 37.3 Å². The van der Waals surface area contributed by atoms with Crippen molar-refractivity contribution in [2.45, 2.75) is 45.1 Å². The van der Waals surface area contributed by atoms with Crippen LogP contribution < -0.4 is 0 Å². The Balaban J connectivity index is 5.23. The maximum atomic E-state index is 12.6. The van der Waals surface area contributed by atoms with E-state index in [2.05, 4.69) is 9.47 Å². The Morgan fingerprint density at radius 3 is 2.06 bits per heavy atom. The molecule has 18 heavy (non-hydrogen) atoms. The Labute approximate surface area is 102 Å². The Bertz CT molecular complexity index is 315. The van der Waals surface area contributed by atoms with Gasteiger partial charge in [-0.2, -0.15) is 13.2 Å². The SMILES string of the molecule is CCOC(=O)C(O)(C(=O)OC(C)CC)C(F)(F)F. The zero-order valence-electron chi connectivity index (χ0n) is 10.2. The fourth-order valence-corrected chi connectivity index (χ4v) is 0.902. The summed E-state index contributed by atoms with van der Waals surface area (Å²) in [5.41, 5.74) is -4.29. The van der Waals surface area contributed by atoms with E-state index < -0.39 is 36.4 Å². The zero-order chi connectivity index (χ0) is 14.6. The second-order valence-electron chi connectivity index (χ2n) is 3.55. The van der Waals surface area contributed by atoms with Crippen molar-refractivity contribution in [3.63, 3.8) is 0 Å². The van der Waals surface area contributed by atoms with Crippen LogP contribution in [0.3, 0.4) is 0 Å². The molecule has 0 saturated carbocycles. The predicted octanol–water partition coefficient (Wildman–Crippen LogP) is 1.18. The number of ether oxygens (including phenoxy) is 2. The van der Waals surface area contributed by atoms with Gasteiger partial charge in [-0.3, -0.25) is 0 Å². The summed E-state index contributed by atoms with van der Waals surface area (Å²) in [5, 5.41) is 9.29. The van der Waals surface area contributed by atoms with Gasteiger partial charge in [0.05, 0.1) is 12.7 Å². The van der Waals surface area contributed by atoms with Crippen LogP contribution in [0, 0.1) is 0 Å². The zero-order valence-corrected chi connectivity index (χ0v) is 10.2. The van der Waals surface area contributed by atoms with E-state index in [0.29, 0.717) is 0 Å². The first-order valence-electron chi connectivity index (χ1n) is 5.28. The van der Waals surface area contributed by atoms with E-state index in [4.69, 9.17) is 0 Å². The second-order valence-corrected chi connectivity index (χ2v) is 3.55. The van der Waals surface area contributed by atoms with Crippen molar-refractivity contribution >= 4 is 11.9 Å². The van der Waals surface area contributed by atoms with Gasteiger partial charge in [-0.1, -0.05) is 6.92 Å². The van der Waals surface area contributed by atoms with Crippen LogP contribution >= 0.6 is 0 Å². The highest BCUT2D eigenvalue weighted by atomic mass is 19.4. The van der Waals surface area contributed by atoms with Crippen LogP contribution in [0.5, 0.6) is 0 Å². The molecule has 0 radical (unpaired) electrons. The van der Waals surface area contributed by atoms with Crippen molar-refractivity contribution in [1.82, 2.24) is 0 Å². The quantitative estimate of drug-likeness (QED) is 0.601. The van der Waals surface area contributed by atoms with E-state index in [1.807, 2.05) is 0 Å².